The molecule has 0 bridgehead atoms. The fraction of sp³-hybridized carbons (Fsp3) is 0.222. The molecule has 29 heavy (non-hydrogen) atoms. The highest BCUT2D eigenvalue weighted by atomic mass is 16.5. The van der Waals surface area contributed by atoms with Crippen molar-refractivity contribution in [2.75, 3.05) is 28.4 Å². The minimum atomic E-state index is -1.02. The van der Waals surface area contributed by atoms with Gasteiger partial charge in [-0.25, -0.2) is 23.9 Å². The predicted octanol–water partition coefficient (Wildman–Crippen LogP) is 0.705. The van der Waals surface area contributed by atoms with Crippen LogP contribution < -0.4 is 0 Å². The highest BCUT2D eigenvalue weighted by Crippen LogP contribution is 2.28. The zero-order valence-corrected chi connectivity index (χ0v) is 16.0. The Bertz CT molecular complexity index is 978. The van der Waals surface area contributed by atoms with E-state index in [4.69, 9.17) is 9.47 Å². The molecule has 0 fully saturated rings. The van der Waals surface area contributed by atoms with Crippen LogP contribution in [0.3, 0.4) is 0 Å². The summed E-state index contributed by atoms with van der Waals surface area (Å²) in [6.07, 6.45) is 2.20. The van der Waals surface area contributed by atoms with E-state index in [0.717, 1.165) is 39.2 Å². The summed E-state index contributed by atoms with van der Waals surface area (Å²) in [5.41, 5.74) is -1.12. The molecule has 0 atom stereocenters. The number of carbonyl (C=O) groups excluding carboxylic acids is 4. The van der Waals surface area contributed by atoms with Crippen molar-refractivity contribution in [1.29, 1.82) is 0 Å². The average Bonchev–Trinajstić information content (AvgIpc) is 3.16. The van der Waals surface area contributed by atoms with Gasteiger partial charge in [-0.05, 0) is 12.1 Å². The van der Waals surface area contributed by atoms with Gasteiger partial charge in [-0.2, -0.15) is 5.10 Å². The van der Waals surface area contributed by atoms with Crippen molar-refractivity contribution < 1.29 is 38.1 Å². The van der Waals surface area contributed by atoms with Crippen molar-refractivity contribution in [3.8, 4) is 11.4 Å². The van der Waals surface area contributed by atoms with Crippen molar-refractivity contribution >= 4 is 29.6 Å². The molecule has 2 aromatic heterocycles. The van der Waals surface area contributed by atoms with E-state index in [1.807, 2.05) is 0 Å². The molecule has 0 aliphatic heterocycles. The molecule has 2 heterocycles. The zero-order chi connectivity index (χ0) is 21.6. The molecule has 0 unspecified atom stereocenters. The van der Waals surface area contributed by atoms with Crippen LogP contribution in [0.25, 0.3) is 17.1 Å². The second-order valence-corrected chi connectivity index (χ2v) is 5.23. The maximum atomic E-state index is 12.5. The van der Waals surface area contributed by atoms with E-state index in [2.05, 4.69) is 19.6 Å². The summed E-state index contributed by atoms with van der Waals surface area (Å²) < 4.78 is 19.4. The smallest absolute Gasteiger partial charge is 0.357 e. The minimum absolute atomic E-state index is 0.0717. The first-order chi connectivity index (χ1) is 13.9. The molecule has 0 aromatic carbocycles. The topological polar surface area (TPSA) is 136 Å². The molecule has 2 aromatic rings. The quantitative estimate of drug-likeness (QED) is 0.385. The average molecular weight is 403 g/mol. The van der Waals surface area contributed by atoms with Crippen LogP contribution in [-0.4, -0.2) is 67.1 Å². The SMILES string of the molecule is COC(=O)/C=C(\C(=O)OC)n1nc(-c2ccccn2)c(C(=O)OC)c1C(=O)OC. The molecule has 11 nitrogen and oxygen atoms in total. The Morgan fingerprint density at radius 2 is 1.62 bits per heavy atom. The molecule has 152 valence electrons. The number of nitrogens with zero attached hydrogens (tertiary/aromatic N) is 3. The maximum Gasteiger partial charge on any atom is 0.357 e. The summed E-state index contributed by atoms with van der Waals surface area (Å²) in [5, 5.41) is 4.15. The molecule has 0 aliphatic rings. The lowest BCUT2D eigenvalue weighted by molar-refractivity contribution is -0.137. The minimum Gasteiger partial charge on any atom is -0.466 e. The first-order valence-corrected chi connectivity index (χ1v) is 7.98. The van der Waals surface area contributed by atoms with Gasteiger partial charge in [0.2, 0.25) is 0 Å². The Balaban J connectivity index is 2.93. The Morgan fingerprint density at radius 3 is 2.14 bits per heavy atom. The number of carbonyl (C=O) groups is 4. The number of hydrogen-bond donors (Lipinski definition) is 0. The number of hydrogen-bond acceptors (Lipinski definition) is 10. The molecule has 0 spiro atoms. The van der Waals surface area contributed by atoms with Crippen LogP contribution in [-0.2, 0) is 28.5 Å². The van der Waals surface area contributed by atoms with E-state index in [9.17, 15) is 19.2 Å². The Labute approximate surface area is 164 Å². The number of pyridine rings is 1. The maximum absolute atomic E-state index is 12.5. The van der Waals surface area contributed by atoms with Crippen LogP contribution >= 0.6 is 0 Å². The zero-order valence-electron chi connectivity index (χ0n) is 16.0. The van der Waals surface area contributed by atoms with Gasteiger partial charge in [0.05, 0.1) is 40.2 Å². The number of ether oxygens (including phenoxy) is 4. The van der Waals surface area contributed by atoms with Gasteiger partial charge >= 0.3 is 23.9 Å². The second-order valence-electron chi connectivity index (χ2n) is 5.23. The third kappa shape index (κ3) is 4.29. The molecule has 0 saturated carbocycles. The molecule has 2 rings (SSSR count). The van der Waals surface area contributed by atoms with Crippen LogP contribution in [0.1, 0.15) is 20.8 Å². The van der Waals surface area contributed by atoms with Crippen LogP contribution in [0, 0.1) is 0 Å². The first kappa shape index (κ1) is 21.3. The molecular weight excluding hydrogens is 386 g/mol. The summed E-state index contributed by atoms with van der Waals surface area (Å²) in [6.45, 7) is 0. The number of rotatable bonds is 6. The van der Waals surface area contributed by atoms with Crippen molar-refractivity contribution in [2.45, 2.75) is 0 Å². The predicted molar refractivity (Wildman–Crippen MR) is 96.4 cm³/mol. The number of esters is 4. The largest absolute Gasteiger partial charge is 0.466 e. The summed E-state index contributed by atoms with van der Waals surface area (Å²) in [6, 6.07) is 4.80. The van der Waals surface area contributed by atoms with Crippen molar-refractivity contribution in [3.05, 3.63) is 41.7 Å². The highest BCUT2D eigenvalue weighted by Gasteiger charge is 2.34. The van der Waals surface area contributed by atoms with E-state index >= 15 is 0 Å². The van der Waals surface area contributed by atoms with Gasteiger partial charge in [0.1, 0.15) is 11.3 Å². The summed E-state index contributed by atoms with van der Waals surface area (Å²) >= 11 is 0. The molecule has 0 N–H and O–H groups in total. The molecular formula is C18H17N3O8. The van der Waals surface area contributed by atoms with Gasteiger partial charge in [-0.1, -0.05) is 6.07 Å². The second kappa shape index (κ2) is 9.26. The summed E-state index contributed by atoms with van der Waals surface area (Å²) in [7, 11) is 4.34. The molecule has 0 radical (unpaired) electrons. The van der Waals surface area contributed by atoms with Gasteiger partial charge in [-0.3, -0.25) is 4.98 Å². The van der Waals surface area contributed by atoms with Crippen LogP contribution in [0.4, 0.5) is 0 Å². The monoisotopic (exact) mass is 403 g/mol. The normalized spacial score (nSPS) is 10.8. The number of aromatic nitrogens is 3. The fourth-order valence-electron chi connectivity index (χ4n) is 2.34. The van der Waals surface area contributed by atoms with Crippen molar-refractivity contribution in [1.82, 2.24) is 14.8 Å². The summed E-state index contributed by atoms with van der Waals surface area (Å²) in [4.78, 5) is 53.1. The van der Waals surface area contributed by atoms with Gasteiger partial charge < -0.3 is 18.9 Å². The van der Waals surface area contributed by atoms with Crippen molar-refractivity contribution in [2.24, 2.45) is 0 Å². The molecule has 0 saturated heterocycles. The van der Waals surface area contributed by atoms with E-state index in [1.54, 1.807) is 12.1 Å². The standard InChI is InChI=1S/C18H17N3O8/c1-26-12(22)9-11(16(23)27-2)21-15(18(25)29-4)13(17(24)28-3)14(20-21)10-7-5-6-8-19-10/h5-9H,1-4H3/b11-9+. The van der Waals surface area contributed by atoms with Crippen LogP contribution in [0.2, 0.25) is 0 Å². The number of methoxy groups -OCH3 is 4. The Hall–Kier alpha value is -4.02. The van der Waals surface area contributed by atoms with E-state index in [0.29, 0.717) is 0 Å². The van der Waals surface area contributed by atoms with Gasteiger partial charge in [0.25, 0.3) is 0 Å². The fourth-order valence-corrected chi connectivity index (χ4v) is 2.34. The third-order valence-electron chi connectivity index (χ3n) is 3.64. The molecule has 0 amide bonds. The Kier molecular flexibility index (Phi) is 6.80. The van der Waals surface area contributed by atoms with Crippen LogP contribution in [0.5, 0.6) is 0 Å². The van der Waals surface area contributed by atoms with Gasteiger partial charge in [0, 0.05) is 6.20 Å². The van der Waals surface area contributed by atoms with Crippen molar-refractivity contribution in [3.63, 3.8) is 0 Å². The van der Waals surface area contributed by atoms with E-state index < -0.39 is 35.3 Å². The summed E-state index contributed by atoms with van der Waals surface area (Å²) in [5.74, 6) is -3.89. The highest BCUT2D eigenvalue weighted by molar-refractivity contribution is 6.17. The third-order valence-corrected chi connectivity index (χ3v) is 3.64. The van der Waals surface area contributed by atoms with Gasteiger partial charge in [-0.15, -0.1) is 0 Å². The Morgan fingerprint density at radius 1 is 0.931 bits per heavy atom. The van der Waals surface area contributed by atoms with Gasteiger partial charge in [0.15, 0.2) is 11.4 Å². The first-order valence-electron chi connectivity index (χ1n) is 7.98. The van der Waals surface area contributed by atoms with Crippen LogP contribution in [0.15, 0.2) is 30.5 Å². The lowest BCUT2D eigenvalue weighted by Crippen LogP contribution is -2.21. The lowest BCUT2D eigenvalue weighted by atomic mass is 10.1. The van der Waals surface area contributed by atoms with E-state index in [-0.39, 0.29) is 17.0 Å². The molecule has 11 heteroatoms. The lowest BCUT2D eigenvalue weighted by Gasteiger charge is -2.09. The van der Waals surface area contributed by atoms with E-state index in [1.165, 1.54) is 12.3 Å². The molecule has 0 aliphatic carbocycles.